The van der Waals surface area contributed by atoms with Crippen molar-refractivity contribution in [1.82, 2.24) is 5.32 Å². The Hall–Kier alpha value is -2.24. The predicted octanol–water partition coefficient (Wildman–Crippen LogP) is 4.25. The Labute approximate surface area is 142 Å². The first-order valence-corrected chi connectivity index (χ1v) is 8.05. The summed E-state index contributed by atoms with van der Waals surface area (Å²) < 4.78 is 0. The number of carbonyl (C=O) groups excluding carboxylic acids is 1. The monoisotopic (exact) mass is 344 g/mol. The van der Waals surface area contributed by atoms with Gasteiger partial charge in [0.1, 0.15) is 5.75 Å². The van der Waals surface area contributed by atoms with Gasteiger partial charge in [-0.05, 0) is 60.2 Å². The van der Waals surface area contributed by atoms with Crippen LogP contribution in [0.25, 0.3) is 6.08 Å². The maximum absolute atomic E-state index is 12.0. The highest BCUT2D eigenvalue weighted by molar-refractivity contribution is 8.18. The molecule has 0 saturated carbocycles. The lowest BCUT2D eigenvalue weighted by molar-refractivity contribution is -0.115. The molecule has 0 bridgehead atoms. The number of hydrogen-bond acceptors (Lipinski definition) is 4. The van der Waals surface area contributed by atoms with Crippen LogP contribution >= 0.6 is 23.4 Å². The summed E-state index contributed by atoms with van der Waals surface area (Å²) in [4.78, 5) is 16.9. The number of amides is 1. The van der Waals surface area contributed by atoms with Gasteiger partial charge in [0.25, 0.3) is 5.91 Å². The maximum Gasteiger partial charge on any atom is 0.264 e. The quantitative estimate of drug-likeness (QED) is 0.801. The van der Waals surface area contributed by atoms with Crippen LogP contribution in [0.4, 0.5) is 5.69 Å². The zero-order valence-corrected chi connectivity index (χ0v) is 13.8. The van der Waals surface area contributed by atoms with Crippen LogP contribution in [0, 0.1) is 6.92 Å². The third-order valence-corrected chi connectivity index (χ3v) is 4.36. The lowest BCUT2D eigenvalue weighted by Crippen LogP contribution is -2.19. The number of carbonyl (C=O) groups is 1. The number of aryl methyl sites for hydroxylation is 1. The molecule has 1 amide bonds. The summed E-state index contributed by atoms with van der Waals surface area (Å²) in [5, 5.41) is 13.2. The second kappa shape index (κ2) is 6.48. The molecule has 4 nitrogen and oxygen atoms in total. The highest BCUT2D eigenvalue weighted by Gasteiger charge is 2.24. The molecule has 0 aromatic heterocycles. The molecule has 0 radical (unpaired) electrons. The van der Waals surface area contributed by atoms with Crippen molar-refractivity contribution in [3.05, 3.63) is 63.5 Å². The van der Waals surface area contributed by atoms with E-state index < -0.39 is 0 Å². The Morgan fingerprint density at radius 1 is 1.26 bits per heavy atom. The highest BCUT2D eigenvalue weighted by Crippen LogP contribution is 2.31. The minimum Gasteiger partial charge on any atom is -0.508 e. The van der Waals surface area contributed by atoms with Gasteiger partial charge in [-0.25, -0.2) is 4.99 Å². The van der Waals surface area contributed by atoms with E-state index in [1.807, 2.05) is 31.2 Å². The van der Waals surface area contributed by atoms with Gasteiger partial charge in [-0.15, -0.1) is 0 Å². The molecule has 0 atom stereocenters. The molecule has 23 heavy (non-hydrogen) atoms. The van der Waals surface area contributed by atoms with E-state index in [4.69, 9.17) is 11.6 Å². The lowest BCUT2D eigenvalue weighted by Gasteiger charge is -2.00. The number of thioether (sulfide) groups is 1. The van der Waals surface area contributed by atoms with Gasteiger partial charge in [0.05, 0.1) is 15.6 Å². The lowest BCUT2D eigenvalue weighted by atomic mass is 10.2. The number of amidine groups is 1. The smallest absolute Gasteiger partial charge is 0.264 e. The van der Waals surface area contributed by atoms with Gasteiger partial charge in [0.2, 0.25) is 0 Å². The van der Waals surface area contributed by atoms with Gasteiger partial charge in [0, 0.05) is 0 Å². The molecule has 0 spiro atoms. The molecule has 1 aliphatic rings. The third kappa shape index (κ3) is 3.75. The van der Waals surface area contributed by atoms with Gasteiger partial charge in [0.15, 0.2) is 5.17 Å². The van der Waals surface area contributed by atoms with Crippen molar-refractivity contribution in [1.29, 1.82) is 0 Å². The number of nitrogens with one attached hydrogen (secondary N) is 1. The fraction of sp³-hybridized carbons (Fsp3) is 0.0588. The molecule has 1 heterocycles. The summed E-state index contributed by atoms with van der Waals surface area (Å²) in [5.41, 5.74) is 2.41. The molecule has 2 aromatic carbocycles. The molecular weight excluding hydrogens is 332 g/mol. The minimum absolute atomic E-state index is 0.156. The first-order valence-electron chi connectivity index (χ1n) is 6.86. The zero-order valence-electron chi connectivity index (χ0n) is 12.2. The Morgan fingerprint density at radius 2 is 2.09 bits per heavy atom. The van der Waals surface area contributed by atoms with E-state index in [2.05, 4.69) is 10.3 Å². The molecule has 116 valence electrons. The number of hydrogen-bond donors (Lipinski definition) is 2. The summed E-state index contributed by atoms with van der Waals surface area (Å²) in [6, 6.07) is 12.3. The average molecular weight is 345 g/mol. The predicted molar refractivity (Wildman–Crippen MR) is 95.1 cm³/mol. The number of aromatic hydroxyl groups is 1. The highest BCUT2D eigenvalue weighted by atomic mass is 35.5. The van der Waals surface area contributed by atoms with E-state index in [0.29, 0.717) is 20.8 Å². The number of nitrogens with zero attached hydrogens (tertiary/aromatic N) is 1. The summed E-state index contributed by atoms with van der Waals surface area (Å²) >= 11 is 7.39. The first kappa shape index (κ1) is 15.6. The number of rotatable bonds is 2. The molecule has 1 aliphatic heterocycles. The number of phenols is 1. The first-order chi connectivity index (χ1) is 11.0. The molecule has 0 unspecified atom stereocenters. The second-order valence-corrected chi connectivity index (χ2v) is 6.47. The van der Waals surface area contributed by atoms with Gasteiger partial charge in [-0.3, -0.25) is 4.79 Å². The van der Waals surface area contributed by atoms with Gasteiger partial charge in [-0.1, -0.05) is 29.8 Å². The van der Waals surface area contributed by atoms with E-state index in [0.717, 1.165) is 11.1 Å². The maximum atomic E-state index is 12.0. The van der Waals surface area contributed by atoms with E-state index in [9.17, 15) is 9.90 Å². The second-order valence-electron chi connectivity index (χ2n) is 5.03. The van der Waals surface area contributed by atoms with Crippen LogP contribution in [0.3, 0.4) is 0 Å². The van der Waals surface area contributed by atoms with Crippen LogP contribution < -0.4 is 5.32 Å². The van der Waals surface area contributed by atoms with Crippen LogP contribution in [0.1, 0.15) is 11.1 Å². The fourth-order valence-electron chi connectivity index (χ4n) is 2.06. The Morgan fingerprint density at radius 3 is 2.83 bits per heavy atom. The Bertz CT molecular complexity index is 846. The van der Waals surface area contributed by atoms with Crippen molar-refractivity contribution >= 4 is 46.2 Å². The molecule has 2 aromatic rings. The minimum atomic E-state index is -0.222. The molecule has 3 rings (SSSR count). The number of benzene rings is 2. The van der Waals surface area contributed by atoms with E-state index in [-0.39, 0.29) is 11.7 Å². The van der Waals surface area contributed by atoms with Crippen LogP contribution in [0.5, 0.6) is 5.75 Å². The van der Waals surface area contributed by atoms with Gasteiger partial charge >= 0.3 is 0 Å². The van der Waals surface area contributed by atoms with Crippen LogP contribution in [-0.4, -0.2) is 16.2 Å². The summed E-state index contributed by atoms with van der Waals surface area (Å²) in [6.07, 6.45) is 1.71. The molecule has 1 fully saturated rings. The SMILES string of the molecule is Cc1ccc(N=C2NC(=O)/C(=C/c3cccc(O)c3)S2)c(Cl)c1. The number of aliphatic imine (C=N–C) groups is 1. The average Bonchev–Trinajstić information content (AvgIpc) is 2.82. The molecule has 6 heteroatoms. The largest absolute Gasteiger partial charge is 0.508 e. The van der Waals surface area contributed by atoms with E-state index in [1.54, 1.807) is 24.3 Å². The molecular formula is C17H13ClN2O2S. The van der Waals surface area contributed by atoms with Crippen LogP contribution in [-0.2, 0) is 4.79 Å². The molecule has 1 saturated heterocycles. The standard InChI is InChI=1S/C17H13ClN2O2S/c1-10-5-6-14(13(18)7-10)19-17-20-16(22)15(23-17)9-11-3-2-4-12(21)8-11/h2-9,21H,1H3,(H,19,20,22)/b15-9-. The third-order valence-electron chi connectivity index (χ3n) is 3.14. The van der Waals surface area contributed by atoms with E-state index >= 15 is 0 Å². The van der Waals surface area contributed by atoms with Crippen LogP contribution in [0.15, 0.2) is 52.4 Å². The Balaban J connectivity index is 1.86. The number of phenolic OH excluding ortho intramolecular Hbond substituents is 1. The van der Waals surface area contributed by atoms with Crippen molar-refractivity contribution < 1.29 is 9.90 Å². The van der Waals surface area contributed by atoms with Crippen molar-refractivity contribution in [2.45, 2.75) is 6.92 Å². The van der Waals surface area contributed by atoms with E-state index in [1.165, 1.54) is 11.8 Å². The Kier molecular flexibility index (Phi) is 4.41. The van der Waals surface area contributed by atoms with Gasteiger partial charge < -0.3 is 10.4 Å². The van der Waals surface area contributed by atoms with Crippen molar-refractivity contribution in [2.24, 2.45) is 4.99 Å². The zero-order chi connectivity index (χ0) is 16.4. The fourth-order valence-corrected chi connectivity index (χ4v) is 3.17. The molecule has 0 aliphatic carbocycles. The number of halogens is 1. The molecule has 2 N–H and O–H groups in total. The summed E-state index contributed by atoms with van der Waals surface area (Å²) in [5.74, 6) is -0.0663. The van der Waals surface area contributed by atoms with Crippen LogP contribution in [0.2, 0.25) is 5.02 Å². The topological polar surface area (TPSA) is 61.7 Å². The van der Waals surface area contributed by atoms with Crippen molar-refractivity contribution in [2.75, 3.05) is 0 Å². The normalized spacial score (nSPS) is 17.7. The van der Waals surface area contributed by atoms with Crippen molar-refractivity contribution in [3.63, 3.8) is 0 Å². The van der Waals surface area contributed by atoms with Gasteiger partial charge in [-0.2, -0.15) is 0 Å². The summed E-state index contributed by atoms with van der Waals surface area (Å²) in [6.45, 7) is 1.95. The van der Waals surface area contributed by atoms with Crippen molar-refractivity contribution in [3.8, 4) is 5.75 Å². The summed E-state index contributed by atoms with van der Waals surface area (Å²) in [7, 11) is 0.